The van der Waals surface area contributed by atoms with Crippen LogP contribution in [0.2, 0.25) is 0 Å². The summed E-state index contributed by atoms with van der Waals surface area (Å²) in [6, 6.07) is 9.60. The molecule has 0 saturated heterocycles. The topological polar surface area (TPSA) is 75.4 Å². The van der Waals surface area contributed by atoms with E-state index in [9.17, 15) is 9.90 Å². The number of hydrogen-bond donors (Lipinski definition) is 2. The molecule has 1 amide bonds. The van der Waals surface area contributed by atoms with Crippen molar-refractivity contribution in [1.82, 2.24) is 10.5 Å². The van der Waals surface area contributed by atoms with Crippen molar-refractivity contribution in [3.05, 3.63) is 41.7 Å². The minimum Gasteiger partial charge on any atom is -0.385 e. The largest absolute Gasteiger partial charge is 0.385 e. The standard InChI is InChI=1S/C17H20N2O3/c1-11(20)16-14(17(21)18-13-9-5-6-10-13)15(19-22-16)12-7-3-2-4-8-12/h2-4,7-8,11,13,20H,5-6,9-10H2,1H3,(H,18,21). The second kappa shape index (κ2) is 6.32. The molecule has 1 saturated carbocycles. The third-order valence-corrected chi connectivity index (χ3v) is 4.06. The van der Waals surface area contributed by atoms with Gasteiger partial charge in [0.1, 0.15) is 17.4 Å². The van der Waals surface area contributed by atoms with Gasteiger partial charge in [0, 0.05) is 11.6 Å². The van der Waals surface area contributed by atoms with Crippen molar-refractivity contribution in [3.63, 3.8) is 0 Å². The average molecular weight is 300 g/mol. The highest BCUT2D eigenvalue weighted by atomic mass is 16.5. The number of hydrogen-bond acceptors (Lipinski definition) is 4. The highest BCUT2D eigenvalue weighted by molar-refractivity contribution is 6.01. The molecule has 0 bridgehead atoms. The Morgan fingerprint density at radius 1 is 1.32 bits per heavy atom. The Balaban J connectivity index is 1.96. The first-order chi connectivity index (χ1) is 10.7. The first-order valence-corrected chi connectivity index (χ1v) is 7.70. The molecule has 1 unspecified atom stereocenters. The fraction of sp³-hybridized carbons (Fsp3) is 0.412. The van der Waals surface area contributed by atoms with Crippen molar-refractivity contribution < 1.29 is 14.4 Å². The van der Waals surface area contributed by atoms with Crippen molar-refractivity contribution in [1.29, 1.82) is 0 Å². The Morgan fingerprint density at radius 3 is 2.64 bits per heavy atom. The van der Waals surface area contributed by atoms with Gasteiger partial charge in [-0.2, -0.15) is 0 Å². The van der Waals surface area contributed by atoms with Gasteiger partial charge in [0.15, 0.2) is 5.76 Å². The molecule has 1 aliphatic carbocycles. The van der Waals surface area contributed by atoms with E-state index in [1.54, 1.807) is 6.92 Å². The normalized spacial score (nSPS) is 16.6. The van der Waals surface area contributed by atoms with Crippen LogP contribution in [-0.4, -0.2) is 22.2 Å². The number of rotatable bonds is 4. The first kappa shape index (κ1) is 14.8. The number of carbonyl (C=O) groups is 1. The van der Waals surface area contributed by atoms with Gasteiger partial charge in [-0.05, 0) is 19.8 Å². The maximum atomic E-state index is 12.7. The number of carbonyl (C=O) groups excluding carboxylic acids is 1. The number of aromatic nitrogens is 1. The van der Waals surface area contributed by atoms with Gasteiger partial charge in [-0.1, -0.05) is 48.3 Å². The zero-order chi connectivity index (χ0) is 15.5. The summed E-state index contributed by atoms with van der Waals surface area (Å²) in [5, 5.41) is 16.9. The van der Waals surface area contributed by atoms with E-state index in [-0.39, 0.29) is 17.7 Å². The molecule has 1 aliphatic rings. The van der Waals surface area contributed by atoms with E-state index in [4.69, 9.17) is 4.52 Å². The lowest BCUT2D eigenvalue weighted by molar-refractivity contribution is 0.0925. The maximum Gasteiger partial charge on any atom is 0.257 e. The van der Waals surface area contributed by atoms with E-state index < -0.39 is 6.10 Å². The van der Waals surface area contributed by atoms with Crippen LogP contribution in [0.5, 0.6) is 0 Å². The van der Waals surface area contributed by atoms with E-state index in [0.29, 0.717) is 11.3 Å². The number of nitrogens with one attached hydrogen (secondary N) is 1. The zero-order valence-electron chi connectivity index (χ0n) is 12.6. The molecule has 1 aromatic heterocycles. The predicted molar refractivity (Wildman–Crippen MR) is 82.3 cm³/mol. The molecule has 5 nitrogen and oxygen atoms in total. The van der Waals surface area contributed by atoms with Gasteiger partial charge in [-0.25, -0.2) is 0 Å². The lowest BCUT2D eigenvalue weighted by Crippen LogP contribution is -2.33. The molecular weight excluding hydrogens is 280 g/mol. The van der Waals surface area contributed by atoms with Crippen LogP contribution in [0.3, 0.4) is 0 Å². The van der Waals surface area contributed by atoms with E-state index in [1.165, 1.54) is 0 Å². The molecule has 1 aromatic carbocycles. The highest BCUT2D eigenvalue weighted by Crippen LogP contribution is 2.29. The van der Waals surface area contributed by atoms with Gasteiger partial charge in [0.25, 0.3) is 5.91 Å². The number of aliphatic hydroxyl groups excluding tert-OH is 1. The van der Waals surface area contributed by atoms with Crippen molar-refractivity contribution >= 4 is 5.91 Å². The summed E-state index contributed by atoms with van der Waals surface area (Å²) in [6.07, 6.45) is 3.41. The number of nitrogens with zero attached hydrogens (tertiary/aromatic N) is 1. The van der Waals surface area contributed by atoms with Crippen molar-refractivity contribution in [2.45, 2.75) is 44.8 Å². The van der Waals surface area contributed by atoms with Crippen molar-refractivity contribution in [3.8, 4) is 11.3 Å². The summed E-state index contributed by atoms with van der Waals surface area (Å²) in [7, 11) is 0. The van der Waals surface area contributed by atoms with Gasteiger partial charge in [-0.15, -0.1) is 0 Å². The van der Waals surface area contributed by atoms with Crippen LogP contribution in [0.4, 0.5) is 0 Å². The lowest BCUT2D eigenvalue weighted by atomic mass is 10.0. The van der Waals surface area contributed by atoms with Gasteiger partial charge in [0.2, 0.25) is 0 Å². The van der Waals surface area contributed by atoms with E-state index in [2.05, 4.69) is 10.5 Å². The first-order valence-electron chi connectivity index (χ1n) is 7.70. The van der Waals surface area contributed by atoms with Gasteiger partial charge >= 0.3 is 0 Å². The molecule has 1 fully saturated rings. The minimum atomic E-state index is -0.880. The van der Waals surface area contributed by atoms with Crippen LogP contribution in [0.15, 0.2) is 34.9 Å². The molecule has 2 aromatic rings. The van der Waals surface area contributed by atoms with Gasteiger partial charge in [-0.3, -0.25) is 4.79 Å². The average Bonchev–Trinajstić information content (AvgIpc) is 3.16. The molecule has 0 aliphatic heterocycles. The maximum absolute atomic E-state index is 12.7. The Kier molecular flexibility index (Phi) is 4.24. The van der Waals surface area contributed by atoms with Crippen LogP contribution in [0, 0.1) is 0 Å². The number of amides is 1. The molecule has 3 rings (SSSR count). The van der Waals surface area contributed by atoms with Gasteiger partial charge in [0.05, 0.1) is 0 Å². The Hall–Kier alpha value is -2.14. The van der Waals surface area contributed by atoms with Crippen LogP contribution in [0.25, 0.3) is 11.3 Å². The molecule has 5 heteroatoms. The van der Waals surface area contributed by atoms with Crippen LogP contribution >= 0.6 is 0 Å². The molecular formula is C17H20N2O3. The molecule has 116 valence electrons. The summed E-state index contributed by atoms with van der Waals surface area (Å²) in [5.74, 6) is -0.00254. The Bertz CT molecular complexity index is 643. The summed E-state index contributed by atoms with van der Waals surface area (Å²) in [6.45, 7) is 1.57. The third-order valence-electron chi connectivity index (χ3n) is 4.06. The minimum absolute atomic E-state index is 0.202. The smallest absolute Gasteiger partial charge is 0.257 e. The SMILES string of the molecule is CC(O)c1onc(-c2ccccc2)c1C(=O)NC1CCCC1. The summed E-state index contributed by atoms with van der Waals surface area (Å²) >= 11 is 0. The fourth-order valence-electron chi connectivity index (χ4n) is 2.93. The van der Waals surface area contributed by atoms with Crippen molar-refractivity contribution in [2.24, 2.45) is 0 Å². The number of benzene rings is 1. The molecule has 0 spiro atoms. The quantitative estimate of drug-likeness (QED) is 0.910. The van der Waals surface area contributed by atoms with Crippen molar-refractivity contribution in [2.75, 3.05) is 0 Å². The molecule has 1 atom stereocenters. The Morgan fingerprint density at radius 2 is 2.00 bits per heavy atom. The second-order valence-electron chi connectivity index (χ2n) is 5.77. The summed E-state index contributed by atoms with van der Waals surface area (Å²) in [4.78, 5) is 12.7. The third kappa shape index (κ3) is 2.90. The monoisotopic (exact) mass is 300 g/mol. The van der Waals surface area contributed by atoms with E-state index >= 15 is 0 Å². The van der Waals surface area contributed by atoms with Crippen LogP contribution in [-0.2, 0) is 0 Å². The lowest BCUT2D eigenvalue weighted by Gasteiger charge is -2.13. The molecule has 2 N–H and O–H groups in total. The Labute approximate surface area is 129 Å². The second-order valence-corrected chi connectivity index (χ2v) is 5.77. The van der Waals surface area contributed by atoms with E-state index in [1.807, 2.05) is 30.3 Å². The van der Waals surface area contributed by atoms with E-state index in [0.717, 1.165) is 31.2 Å². The molecule has 22 heavy (non-hydrogen) atoms. The molecule has 1 heterocycles. The highest BCUT2D eigenvalue weighted by Gasteiger charge is 2.28. The summed E-state index contributed by atoms with van der Waals surface area (Å²) < 4.78 is 5.24. The van der Waals surface area contributed by atoms with Crippen LogP contribution < -0.4 is 5.32 Å². The predicted octanol–water partition coefficient (Wildman–Crippen LogP) is 3.07. The number of aliphatic hydroxyl groups is 1. The zero-order valence-corrected chi connectivity index (χ0v) is 12.6. The summed E-state index contributed by atoms with van der Waals surface area (Å²) in [5.41, 5.74) is 1.62. The van der Waals surface area contributed by atoms with Gasteiger partial charge < -0.3 is 14.9 Å². The molecule has 0 radical (unpaired) electrons. The van der Waals surface area contributed by atoms with Crippen LogP contribution in [0.1, 0.15) is 54.8 Å². The fourth-order valence-corrected chi connectivity index (χ4v) is 2.93.